The van der Waals surface area contributed by atoms with Crippen LogP contribution in [0.2, 0.25) is 5.02 Å². The molecule has 3 rings (SSSR count). The number of hydrogen-bond donors (Lipinski definition) is 0. The Balaban J connectivity index is 1.49. The fourth-order valence-electron chi connectivity index (χ4n) is 3.04. The molecule has 0 aromatic heterocycles. The molecule has 1 aliphatic heterocycles. The molecule has 2 aromatic carbocycles. The number of carbonyl (C=O) groups is 1. The molecule has 1 saturated heterocycles. The van der Waals surface area contributed by atoms with Gasteiger partial charge in [0.15, 0.2) is 0 Å². The number of halogens is 1. The van der Waals surface area contributed by atoms with Crippen LogP contribution in [0.5, 0.6) is 11.5 Å². The summed E-state index contributed by atoms with van der Waals surface area (Å²) in [4.78, 5) is 16.5. The van der Waals surface area contributed by atoms with E-state index < -0.39 is 0 Å². The molecule has 1 heterocycles. The molecule has 0 bridgehead atoms. The Morgan fingerprint density at radius 3 is 2.50 bits per heavy atom. The Morgan fingerprint density at radius 1 is 1.08 bits per heavy atom. The number of anilines is 1. The molecule has 138 valence electrons. The minimum Gasteiger partial charge on any atom is -0.495 e. The van der Waals surface area contributed by atoms with Gasteiger partial charge in [-0.1, -0.05) is 29.8 Å². The van der Waals surface area contributed by atoms with Crippen LogP contribution in [-0.4, -0.2) is 50.7 Å². The molecule has 6 heteroatoms. The predicted octanol–water partition coefficient (Wildman–Crippen LogP) is 3.47. The Labute approximate surface area is 159 Å². The van der Waals surface area contributed by atoms with Crippen LogP contribution in [0.25, 0.3) is 0 Å². The molecule has 0 atom stereocenters. The molecule has 1 fully saturated rings. The number of benzene rings is 2. The first-order chi connectivity index (χ1) is 12.7. The minimum absolute atomic E-state index is 0.124. The van der Waals surface area contributed by atoms with Crippen LogP contribution in [-0.2, 0) is 4.79 Å². The summed E-state index contributed by atoms with van der Waals surface area (Å²) in [5, 5.41) is 0.678. The van der Waals surface area contributed by atoms with Crippen LogP contribution in [0, 0.1) is 0 Å². The van der Waals surface area contributed by atoms with Gasteiger partial charge in [-0.3, -0.25) is 4.79 Å². The summed E-state index contributed by atoms with van der Waals surface area (Å²) in [5.74, 6) is 1.71. The van der Waals surface area contributed by atoms with Crippen molar-refractivity contribution in [3.8, 4) is 11.5 Å². The molecule has 2 aromatic rings. The molecule has 1 aliphatic rings. The minimum atomic E-state index is 0.124. The van der Waals surface area contributed by atoms with Crippen LogP contribution in [0.4, 0.5) is 5.69 Å². The lowest BCUT2D eigenvalue weighted by Crippen LogP contribution is -2.49. The van der Waals surface area contributed by atoms with Gasteiger partial charge in [0.05, 0.1) is 25.8 Å². The highest BCUT2D eigenvalue weighted by atomic mass is 35.5. The molecule has 0 saturated carbocycles. The highest BCUT2D eigenvalue weighted by Crippen LogP contribution is 2.31. The average molecular weight is 375 g/mol. The number of methoxy groups -OCH3 is 1. The molecule has 0 unspecified atom stereocenters. The number of piperazine rings is 1. The summed E-state index contributed by atoms with van der Waals surface area (Å²) in [6, 6.07) is 15.1. The largest absolute Gasteiger partial charge is 0.495 e. The molecule has 26 heavy (non-hydrogen) atoms. The number of rotatable bonds is 6. The molecular formula is C20H23ClN2O3. The molecular weight excluding hydrogens is 352 g/mol. The standard InChI is InChI=1S/C20H23ClN2O3/c1-25-19-8-7-16(21)15-18(19)22-10-12-23(13-11-22)20(24)9-14-26-17-5-3-2-4-6-17/h2-8,15H,9-14H2,1H3. The van der Waals surface area contributed by atoms with Gasteiger partial charge < -0.3 is 19.3 Å². The van der Waals surface area contributed by atoms with Crippen LogP contribution in [0.15, 0.2) is 48.5 Å². The Hall–Kier alpha value is -2.40. The third kappa shape index (κ3) is 4.61. The van der Waals surface area contributed by atoms with Gasteiger partial charge in [0.1, 0.15) is 11.5 Å². The summed E-state index contributed by atoms with van der Waals surface area (Å²) in [6.07, 6.45) is 0.384. The van der Waals surface area contributed by atoms with E-state index in [1.807, 2.05) is 53.4 Å². The molecule has 0 N–H and O–H groups in total. The van der Waals surface area contributed by atoms with Crippen molar-refractivity contribution in [3.05, 3.63) is 53.6 Å². The lowest BCUT2D eigenvalue weighted by Gasteiger charge is -2.36. The second-order valence-corrected chi connectivity index (χ2v) is 6.53. The van der Waals surface area contributed by atoms with E-state index in [2.05, 4.69) is 4.90 Å². The fourth-order valence-corrected chi connectivity index (χ4v) is 3.20. The average Bonchev–Trinajstić information content (AvgIpc) is 2.69. The van der Waals surface area contributed by atoms with Gasteiger partial charge >= 0.3 is 0 Å². The van der Waals surface area contributed by atoms with E-state index in [1.54, 1.807) is 7.11 Å². The third-order valence-electron chi connectivity index (χ3n) is 4.44. The number of nitrogens with zero attached hydrogens (tertiary/aromatic N) is 2. The lowest BCUT2D eigenvalue weighted by molar-refractivity contribution is -0.132. The van der Waals surface area contributed by atoms with Gasteiger partial charge in [0.25, 0.3) is 0 Å². The maximum atomic E-state index is 12.4. The Bertz CT molecular complexity index is 731. The van der Waals surface area contributed by atoms with E-state index in [0.29, 0.717) is 31.1 Å². The van der Waals surface area contributed by atoms with Crippen molar-refractivity contribution in [1.29, 1.82) is 0 Å². The molecule has 0 aliphatic carbocycles. The zero-order valence-corrected chi connectivity index (χ0v) is 15.6. The van der Waals surface area contributed by atoms with Crippen molar-refractivity contribution in [2.24, 2.45) is 0 Å². The Morgan fingerprint density at radius 2 is 1.81 bits per heavy atom. The zero-order chi connectivity index (χ0) is 18.4. The molecule has 5 nitrogen and oxygen atoms in total. The molecule has 0 radical (unpaired) electrons. The first-order valence-electron chi connectivity index (χ1n) is 8.71. The number of carbonyl (C=O) groups excluding carboxylic acids is 1. The van der Waals surface area contributed by atoms with Crippen LogP contribution >= 0.6 is 11.6 Å². The van der Waals surface area contributed by atoms with Gasteiger partial charge in [0, 0.05) is 31.2 Å². The maximum absolute atomic E-state index is 12.4. The van der Waals surface area contributed by atoms with Gasteiger partial charge in [0.2, 0.25) is 5.91 Å². The number of hydrogen-bond acceptors (Lipinski definition) is 4. The number of para-hydroxylation sites is 1. The van der Waals surface area contributed by atoms with Gasteiger partial charge in [-0.25, -0.2) is 0 Å². The van der Waals surface area contributed by atoms with Crippen molar-refractivity contribution < 1.29 is 14.3 Å². The Kier molecular flexibility index (Phi) is 6.23. The van der Waals surface area contributed by atoms with Gasteiger partial charge in [-0.05, 0) is 30.3 Å². The highest BCUT2D eigenvalue weighted by molar-refractivity contribution is 6.30. The highest BCUT2D eigenvalue weighted by Gasteiger charge is 2.23. The quantitative estimate of drug-likeness (QED) is 0.776. The summed E-state index contributed by atoms with van der Waals surface area (Å²) in [7, 11) is 1.65. The number of ether oxygens (including phenoxy) is 2. The van der Waals surface area contributed by atoms with Crippen molar-refractivity contribution in [3.63, 3.8) is 0 Å². The zero-order valence-electron chi connectivity index (χ0n) is 14.9. The smallest absolute Gasteiger partial charge is 0.226 e. The normalized spacial score (nSPS) is 14.2. The third-order valence-corrected chi connectivity index (χ3v) is 4.68. The summed E-state index contributed by atoms with van der Waals surface area (Å²) >= 11 is 6.12. The van der Waals surface area contributed by atoms with E-state index in [0.717, 1.165) is 30.3 Å². The van der Waals surface area contributed by atoms with Crippen LogP contribution in [0.3, 0.4) is 0 Å². The summed E-state index contributed by atoms with van der Waals surface area (Å²) in [6.45, 7) is 3.26. The van der Waals surface area contributed by atoms with Crippen LogP contribution in [0.1, 0.15) is 6.42 Å². The second kappa shape index (κ2) is 8.81. The maximum Gasteiger partial charge on any atom is 0.226 e. The summed E-state index contributed by atoms with van der Waals surface area (Å²) in [5.41, 5.74) is 0.972. The topological polar surface area (TPSA) is 42.0 Å². The molecule has 1 amide bonds. The van der Waals surface area contributed by atoms with E-state index in [1.165, 1.54) is 0 Å². The second-order valence-electron chi connectivity index (χ2n) is 6.10. The van der Waals surface area contributed by atoms with Crippen molar-refractivity contribution in [2.75, 3.05) is 44.8 Å². The first-order valence-corrected chi connectivity index (χ1v) is 9.09. The SMILES string of the molecule is COc1ccc(Cl)cc1N1CCN(C(=O)CCOc2ccccc2)CC1. The summed E-state index contributed by atoms with van der Waals surface area (Å²) < 4.78 is 11.0. The van der Waals surface area contributed by atoms with E-state index in [9.17, 15) is 4.79 Å². The van der Waals surface area contributed by atoms with E-state index >= 15 is 0 Å². The van der Waals surface area contributed by atoms with Crippen molar-refractivity contribution >= 4 is 23.2 Å². The van der Waals surface area contributed by atoms with E-state index in [-0.39, 0.29) is 5.91 Å². The predicted molar refractivity (Wildman–Crippen MR) is 103 cm³/mol. The van der Waals surface area contributed by atoms with Gasteiger partial charge in [-0.2, -0.15) is 0 Å². The first kappa shape index (κ1) is 18.4. The monoisotopic (exact) mass is 374 g/mol. The lowest BCUT2D eigenvalue weighted by atomic mass is 10.2. The number of amides is 1. The van der Waals surface area contributed by atoms with Crippen molar-refractivity contribution in [2.45, 2.75) is 6.42 Å². The van der Waals surface area contributed by atoms with E-state index in [4.69, 9.17) is 21.1 Å². The van der Waals surface area contributed by atoms with Gasteiger partial charge in [-0.15, -0.1) is 0 Å². The van der Waals surface area contributed by atoms with Crippen molar-refractivity contribution in [1.82, 2.24) is 4.90 Å². The molecule has 0 spiro atoms. The van der Waals surface area contributed by atoms with Crippen LogP contribution < -0.4 is 14.4 Å². The fraction of sp³-hybridized carbons (Fsp3) is 0.350.